The number of methoxy groups -OCH3 is 2. The molecular weight excluding hydrogens is 474 g/mol. The summed E-state index contributed by atoms with van der Waals surface area (Å²) in [7, 11) is 3.15. The van der Waals surface area contributed by atoms with Gasteiger partial charge in [0.15, 0.2) is 11.5 Å². The van der Waals surface area contributed by atoms with Gasteiger partial charge in [0.1, 0.15) is 0 Å². The number of rotatable bonds is 9. The Bertz CT molecular complexity index is 1010. The lowest BCUT2D eigenvalue weighted by Crippen LogP contribution is -2.22. The Kier molecular flexibility index (Phi) is 7.70. The van der Waals surface area contributed by atoms with Gasteiger partial charge in [-0.25, -0.2) is 0 Å². The highest BCUT2D eigenvalue weighted by Crippen LogP contribution is 2.36. The van der Waals surface area contributed by atoms with Crippen LogP contribution in [0.15, 0.2) is 45.4 Å². The molecule has 0 radical (unpaired) electrons. The Morgan fingerprint density at radius 2 is 1.97 bits per heavy atom. The molecule has 9 heteroatoms. The minimum absolute atomic E-state index is 0.0571. The molecule has 0 fully saturated rings. The molecule has 1 N–H and O–H groups in total. The summed E-state index contributed by atoms with van der Waals surface area (Å²) < 4.78 is 16.6. The fourth-order valence-electron chi connectivity index (χ4n) is 2.84. The van der Waals surface area contributed by atoms with E-state index in [0.717, 1.165) is 15.6 Å². The number of aryl methyl sites for hydroxylation is 1. The smallest absolute Gasteiger partial charge is 0.226 e. The van der Waals surface area contributed by atoms with E-state index in [1.165, 1.54) is 0 Å². The molecule has 0 spiro atoms. The number of amides is 1. The summed E-state index contributed by atoms with van der Waals surface area (Å²) in [6, 6.07) is 10.9. The van der Waals surface area contributed by atoms with Crippen LogP contribution in [0.4, 0.5) is 0 Å². The predicted octanol–water partition coefficient (Wildman–Crippen LogP) is 4.81. The molecule has 0 unspecified atom stereocenters. The average Bonchev–Trinajstić information content (AvgIpc) is 3.21. The molecule has 0 atom stereocenters. The first-order chi connectivity index (χ1) is 14.5. The second kappa shape index (κ2) is 10.4. The maximum Gasteiger partial charge on any atom is 0.226 e. The average molecular weight is 495 g/mol. The zero-order valence-corrected chi connectivity index (χ0v) is 18.9. The van der Waals surface area contributed by atoms with E-state index in [1.807, 2.05) is 24.3 Å². The molecule has 2 aromatic carbocycles. The van der Waals surface area contributed by atoms with Gasteiger partial charge in [-0.3, -0.25) is 4.79 Å². The first kappa shape index (κ1) is 22.1. The summed E-state index contributed by atoms with van der Waals surface area (Å²) in [6.45, 7) is 0.388. The van der Waals surface area contributed by atoms with Gasteiger partial charge in [0.25, 0.3) is 0 Å². The molecule has 0 saturated heterocycles. The van der Waals surface area contributed by atoms with Crippen molar-refractivity contribution >= 4 is 33.4 Å². The van der Waals surface area contributed by atoms with Crippen molar-refractivity contribution in [1.29, 1.82) is 0 Å². The molecule has 0 aliphatic rings. The third-order valence-electron chi connectivity index (χ3n) is 4.35. The number of benzene rings is 2. The minimum Gasteiger partial charge on any atom is -0.493 e. The Balaban J connectivity index is 1.47. The Hall–Kier alpha value is -2.58. The van der Waals surface area contributed by atoms with Gasteiger partial charge in [-0.15, -0.1) is 0 Å². The molecule has 0 saturated carbocycles. The fraction of sp³-hybridized carbons (Fsp3) is 0.286. The molecular formula is C21H21BrClN3O4. The van der Waals surface area contributed by atoms with Crippen LogP contribution in [0.3, 0.4) is 0 Å². The van der Waals surface area contributed by atoms with Crippen LogP contribution in [0.5, 0.6) is 11.5 Å². The number of nitrogens with zero attached hydrogens (tertiary/aromatic N) is 2. The maximum absolute atomic E-state index is 12.2. The summed E-state index contributed by atoms with van der Waals surface area (Å²) in [4.78, 5) is 16.5. The van der Waals surface area contributed by atoms with Gasteiger partial charge in [-0.1, -0.05) is 16.8 Å². The van der Waals surface area contributed by atoms with Crippen molar-refractivity contribution in [2.24, 2.45) is 0 Å². The standard InChI is InChI=1S/C21H21BrClN3O4/c1-28-17-11-13(10-16(22)20(17)29-2)12-24-18(27)4-3-5-19-25-21(26-30-19)14-6-8-15(23)9-7-14/h6-11H,3-5,12H2,1-2H3,(H,24,27). The monoisotopic (exact) mass is 493 g/mol. The number of halogens is 2. The van der Waals surface area contributed by atoms with Gasteiger partial charge >= 0.3 is 0 Å². The number of ether oxygens (including phenoxy) is 2. The lowest BCUT2D eigenvalue weighted by atomic mass is 10.2. The van der Waals surface area contributed by atoms with Gasteiger partial charge in [0.05, 0.1) is 18.7 Å². The first-order valence-corrected chi connectivity index (χ1v) is 10.4. The van der Waals surface area contributed by atoms with E-state index in [-0.39, 0.29) is 5.91 Å². The number of nitrogens with one attached hydrogen (secondary N) is 1. The van der Waals surface area contributed by atoms with E-state index < -0.39 is 0 Å². The van der Waals surface area contributed by atoms with Crippen molar-refractivity contribution in [2.75, 3.05) is 14.2 Å². The Morgan fingerprint density at radius 3 is 2.67 bits per heavy atom. The summed E-state index contributed by atoms with van der Waals surface area (Å²) >= 11 is 9.34. The van der Waals surface area contributed by atoms with Crippen molar-refractivity contribution in [1.82, 2.24) is 15.5 Å². The largest absolute Gasteiger partial charge is 0.493 e. The zero-order chi connectivity index (χ0) is 21.5. The number of carbonyl (C=O) groups is 1. The lowest BCUT2D eigenvalue weighted by Gasteiger charge is -2.12. The molecule has 1 heterocycles. The van der Waals surface area contributed by atoms with Gasteiger partial charge < -0.3 is 19.3 Å². The zero-order valence-electron chi connectivity index (χ0n) is 16.6. The Morgan fingerprint density at radius 1 is 1.20 bits per heavy atom. The highest BCUT2D eigenvalue weighted by molar-refractivity contribution is 9.10. The van der Waals surface area contributed by atoms with Crippen LogP contribution in [0.2, 0.25) is 5.02 Å². The molecule has 7 nitrogen and oxygen atoms in total. The van der Waals surface area contributed by atoms with Crippen molar-refractivity contribution in [3.05, 3.63) is 57.3 Å². The Labute approximate surface area is 187 Å². The first-order valence-electron chi connectivity index (χ1n) is 9.25. The molecule has 158 valence electrons. The summed E-state index contributed by atoms with van der Waals surface area (Å²) in [5, 5.41) is 7.52. The van der Waals surface area contributed by atoms with Crippen LogP contribution < -0.4 is 14.8 Å². The maximum atomic E-state index is 12.2. The van der Waals surface area contributed by atoms with E-state index in [0.29, 0.717) is 54.0 Å². The molecule has 1 amide bonds. The number of aromatic nitrogens is 2. The third-order valence-corrected chi connectivity index (χ3v) is 5.19. The fourth-order valence-corrected chi connectivity index (χ4v) is 3.61. The lowest BCUT2D eigenvalue weighted by molar-refractivity contribution is -0.121. The molecule has 0 aliphatic carbocycles. The van der Waals surface area contributed by atoms with E-state index in [4.69, 9.17) is 25.6 Å². The second-order valence-corrected chi connectivity index (χ2v) is 7.75. The number of carbonyl (C=O) groups excluding carboxylic acids is 1. The molecule has 30 heavy (non-hydrogen) atoms. The van der Waals surface area contributed by atoms with Crippen molar-refractivity contribution in [2.45, 2.75) is 25.8 Å². The van der Waals surface area contributed by atoms with Crippen LogP contribution in [0, 0.1) is 0 Å². The van der Waals surface area contributed by atoms with Gasteiger partial charge in [0, 0.05) is 30.0 Å². The predicted molar refractivity (Wildman–Crippen MR) is 117 cm³/mol. The minimum atomic E-state index is -0.0571. The normalized spacial score (nSPS) is 10.7. The van der Waals surface area contributed by atoms with Crippen LogP contribution >= 0.6 is 27.5 Å². The number of hydrogen-bond acceptors (Lipinski definition) is 6. The van der Waals surface area contributed by atoms with Gasteiger partial charge in [0.2, 0.25) is 17.6 Å². The van der Waals surface area contributed by atoms with Crippen molar-refractivity contribution in [3.8, 4) is 22.9 Å². The van der Waals surface area contributed by atoms with Gasteiger partial charge in [-0.2, -0.15) is 4.98 Å². The van der Waals surface area contributed by atoms with Gasteiger partial charge in [-0.05, 0) is 64.3 Å². The van der Waals surface area contributed by atoms with E-state index in [2.05, 4.69) is 31.4 Å². The third kappa shape index (κ3) is 5.73. The highest BCUT2D eigenvalue weighted by atomic mass is 79.9. The van der Waals surface area contributed by atoms with Crippen LogP contribution in [0.25, 0.3) is 11.4 Å². The van der Waals surface area contributed by atoms with E-state index >= 15 is 0 Å². The van der Waals surface area contributed by atoms with Crippen LogP contribution in [-0.4, -0.2) is 30.3 Å². The quantitative estimate of drug-likeness (QED) is 0.459. The summed E-state index contributed by atoms with van der Waals surface area (Å²) in [5.41, 5.74) is 1.73. The summed E-state index contributed by atoms with van der Waals surface area (Å²) in [6.07, 6.45) is 1.48. The van der Waals surface area contributed by atoms with Crippen LogP contribution in [-0.2, 0) is 17.8 Å². The molecule has 3 rings (SSSR count). The summed E-state index contributed by atoms with van der Waals surface area (Å²) in [5.74, 6) is 2.16. The molecule has 3 aromatic rings. The second-order valence-electron chi connectivity index (χ2n) is 6.46. The highest BCUT2D eigenvalue weighted by Gasteiger charge is 2.12. The molecule has 0 bridgehead atoms. The molecule has 1 aromatic heterocycles. The van der Waals surface area contributed by atoms with Crippen LogP contribution in [0.1, 0.15) is 24.3 Å². The SMILES string of the molecule is COc1cc(CNC(=O)CCCc2nc(-c3ccc(Cl)cc3)no2)cc(Br)c1OC. The number of hydrogen-bond donors (Lipinski definition) is 1. The van der Waals surface area contributed by atoms with E-state index in [9.17, 15) is 4.79 Å². The van der Waals surface area contributed by atoms with Crippen molar-refractivity contribution in [3.63, 3.8) is 0 Å². The van der Waals surface area contributed by atoms with E-state index in [1.54, 1.807) is 26.4 Å². The molecule has 0 aliphatic heterocycles. The van der Waals surface area contributed by atoms with Crippen molar-refractivity contribution < 1.29 is 18.8 Å². The topological polar surface area (TPSA) is 86.5 Å².